The Morgan fingerprint density at radius 1 is 0.931 bits per heavy atom. The van der Waals surface area contributed by atoms with Gasteiger partial charge < -0.3 is 23.9 Å². The van der Waals surface area contributed by atoms with E-state index in [4.69, 9.17) is 18.6 Å². The van der Waals surface area contributed by atoms with Crippen molar-refractivity contribution in [1.29, 1.82) is 0 Å². The largest absolute Gasteiger partial charge is 0.497 e. The van der Waals surface area contributed by atoms with Crippen LogP contribution in [0.1, 0.15) is 17.7 Å². The summed E-state index contributed by atoms with van der Waals surface area (Å²) in [7, 11) is 4.78. The van der Waals surface area contributed by atoms with Gasteiger partial charge in [-0.1, -0.05) is 0 Å². The van der Waals surface area contributed by atoms with Crippen molar-refractivity contribution in [2.75, 3.05) is 26.6 Å². The van der Waals surface area contributed by atoms with Gasteiger partial charge in [0.25, 0.3) is 0 Å². The monoisotopic (exact) mass is 395 g/mol. The van der Waals surface area contributed by atoms with Crippen molar-refractivity contribution in [1.82, 2.24) is 0 Å². The SMILES string of the molecule is COc1ccc(-c2ccc(CCC(=O)Nc3cc(OC)c(OC)cc3C)o2)cc1. The van der Waals surface area contributed by atoms with Crippen molar-refractivity contribution in [3.63, 3.8) is 0 Å². The van der Waals surface area contributed by atoms with Crippen molar-refractivity contribution in [3.05, 3.63) is 59.9 Å². The van der Waals surface area contributed by atoms with E-state index in [1.165, 1.54) is 0 Å². The summed E-state index contributed by atoms with van der Waals surface area (Å²) in [5, 5.41) is 2.93. The molecule has 1 amide bonds. The average molecular weight is 395 g/mol. The number of benzene rings is 2. The van der Waals surface area contributed by atoms with Gasteiger partial charge in [-0.2, -0.15) is 0 Å². The van der Waals surface area contributed by atoms with Crippen LogP contribution in [0, 0.1) is 6.92 Å². The molecule has 3 aromatic rings. The van der Waals surface area contributed by atoms with Crippen molar-refractivity contribution >= 4 is 11.6 Å². The number of methoxy groups -OCH3 is 3. The summed E-state index contributed by atoms with van der Waals surface area (Å²) in [6.07, 6.45) is 0.817. The van der Waals surface area contributed by atoms with E-state index in [0.717, 1.165) is 28.4 Å². The Morgan fingerprint density at radius 3 is 2.28 bits per heavy atom. The van der Waals surface area contributed by atoms with E-state index in [1.54, 1.807) is 27.4 Å². The molecule has 0 saturated heterocycles. The number of hydrogen-bond donors (Lipinski definition) is 1. The van der Waals surface area contributed by atoms with E-state index in [0.29, 0.717) is 30.0 Å². The zero-order valence-electron chi connectivity index (χ0n) is 17.1. The number of carbonyl (C=O) groups is 1. The second kappa shape index (κ2) is 9.19. The van der Waals surface area contributed by atoms with E-state index < -0.39 is 0 Å². The van der Waals surface area contributed by atoms with Crippen LogP contribution in [0.2, 0.25) is 0 Å². The highest BCUT2D eigenvalue weighted by molar-refractivity contribution is 5.92. The lowest BCUT2D eigenvalue weighted by Gasteiger charge is -2.13. The topological polar surface area (TPSA) is 69.9 Å². The molecule has 0 saturated carbocycles. The molecule has 6 nitrogen and oxygen atoms in total. The lowest BCUT2D eigenvalue weighted by molar-refractivity contribution is -0.116. The number of nitrogens with one attached hydrogen (secondary N) is 1. The summed E-state index contributed by atoms with van der Waals surface area (Å²) in [5.74, 6) is 3.42. The zero-order valence-corrected chi connectivity index (χ0v) is 17.1. The first-order valence-corrected chi connectivity index (χ1v) is 9.29. The van der Waals surface area contributed by atoms with Crippen LogP contribution >= 0.6 is 0 Å². The lowest BCUT2D eigenvalue weighted by atomic mass is 10.1. The Bertz CT molecular complexity index is 975. The normalized spacial score (nSPS) is 10.5. The summed E-state index contributed by atoms with van der Waals surface area (Å²) < 4.78 is 21.6. The molecule has 0 aliphatic carbocycles. The highest BCUT2D eigenvalue weighted by Gasteiger charge is 2.12. The highest BCUT2D eigenvalue weighted by Crippen LogP contribution is 2.33. The number of rotatable bonds is 8. The minimum atomic E-state index is -0.0947. The van der Waals surface area contributed by atoms with Crippen molar-refractivity contribution in [3.8, 4) is 28.6 Å². The van der Waals surface area contributed by atoms with Gasteiger partial charge in [0.1, 0.15) is 17.3 Å². The molecular weight excluding hydrogens is 370 g/mol. The first-order valence-electron chi connectivity index (χ1n) is 9.29. The maximum absolute atomic E-state index is 12.4. The lowest BCUT2D eigenvalue weighted by Crippen LogP contribution is -2.13. The molecule has 0 atom stereocenters. The van der Waals surface area contributed by atoms with E-state index in [2.05, 4.69) is 5.32 Å². The fraction of sp³-hybridized carbons (Fsp3) is 0.261. The van der Waals surface area contributed by atoms with E-state index in [9.17, 15) is 4.79 Å². The second-order valence-electron chi connectivity index (χ2n) is 6.56. The molecule has 2 aromatic carbocycles. The zero-order chi connectivity index (χ0) is 20.8. The van der Waals surface area contributed by atoms with Crippen LogP contribution < -0.4 is 19.5 Å². The predicted octanol–water partition coefficient (Wildman–Crippen LogP) is 4.85. The third-order valence-corrected chi connectivity index (χ3v) is 4.64. The number of aryl methyl sites for hydroxylation is 2. The Balaban J connectivity index is 1.60. The molecule has 0 aliphatic rings. The maximum atomic E-state index is 12.4. The van der Waals surface area contributed by atoms with Gasteiger partial charge in [-0.3, -0.25) is 4.79 Å². The average Bonchev–Trinajstić information content (AvgIpc) is 3.22. The van der Waals surface area contributed by atoms with Crippen LogP contribution in [0.5, 0.6) is 17.2 Å². The molecule has 3 rings (SSSR count). The minimum absolute atomic E-state index is 0.0947. The van der Waals surface area contributed by atoms with Crippen LogP contribution in [0.3, 0.4) is 0 Å². The molecule has 1 N–H and O–H groups in total. The smallest absolute Gasteiger partial charge is 0.224 e. The third kappa shape index (κ3) is 4.90. The van der Waals surface area contributed by atoms with Gasteiger partial charge in [0, 0.05) is 30.2 Å². The van der Waals surface area contributed by atoms with Crippen LogP contribution in [0.15, 0.2) is 52.9 Å². The van der Waals surface area contributed by atoms with Gasteiger partial charge in [0.15, 0.2) is 11.5 Å². The fourth-order valence-corrected chi connectivity index (χ4v) is 2.99. The van der Waals surface area contributed by atoms with Crippen LogP contribution in [-0.4, -0.2) is 27.2 Å². The van der Waals surface area contributed by atoms with E-state index in [1.807, 2.05) is 49.4 Å². The first-order chi connectivity index (χ1) is 14.0. The molecule has 6 heteroatoms. The molecule has 0 radical (unpaired) electrons. The van der Waals surface area contributed by atoms with Gasteiger partial charge in [-0.05, 0) is 55.0 Å². The minimum Gasteiger partial charge on any atom is -0.497 e. The summed E-state index contributed by atoms with van der Waals surface area (Å²) in [5.41, 5.74) is 2.56. The van der Waals surface area contributed by atoms with Crippen molar-refractivity contribution < 1.29 is 23.4 Å². The number of carbonyl (C=O) groups excluding carboxylic acids is 1. The molecule has 0 spiro atoms. The summed E-state index contributed by atoms with van der Waals surface area (Å²) in [6, 6.07) is 15.1. The van der Waals surface area contributed by atoms with Crippen LogP contribution in [0.25, 0.3) is 11.3 Å². The fourth-order valence-electron chi connectivity index (χ4n) is 2.99. The molecule has 29 heavy (non-hydrogen) atoms. The van der Waals surface area contributed by atoms with Crippen LogP contribution in [-0.2, 0) is 11.2 Å². The number of anilines is 1. The molecule has 0 unspecified atom stereocenters. The van der Waals surface area contributed by atoms with Gasteiger partial charge in [0.2, 0.25) is 5.91 Å². The number of amides is 1. The van der Waals surface area contributed by atoms with Crippen molar-refractivity contribution in [2.45, 2.75) is 19.8 Å². The quantitative estimate of drug-likeness (QED) is 0.590. The summed E-state index contributed by atoms with van der Waals surface area (Å²) in [4.78, 5) is 12.4. The van der Waals surface area contributed by atoms with E-state index >= 15 is 0 Å². The van der Waals surface area contributed by atoms with Gasteiger partial charge in [0.05, 0.1) is 21.3 Å². The van der Waals surface area contributed by atoms with Crippen LogP contribution in [0.4, 0.5) is 5.69 Å². The molecular formula is C23H25NO5. The summed E-state index contributed by atoms with van der Waals surface area (Å²) in [6.45, 7) is 1.91. The highest BCUT2D eigenvalue weighted by atomic mass is 16.5. The Kier molecular flexibility index (Phi) is 6.44. The molecule has 0 fully saturated rings. The Hall–Kier alpha value is -3.41. The number of furan rings is 1. The maximum Gasteiger partial charge on any atom is 0.224 e. The third-order valence-electron chi connectivity index (χ3n) is 4.64. The van der Waals surface area contributed by atoms with Gasteiger partial charge >= 0.3 is 0 Å². The summed E-state index contributed by atoms with van der Waals surface area (Å²) >= 11 is 0. The first kappa shape index (κ1) is 20.3. The van der Waals surface area contributed by atoms with Crippen molar-refractivity contribution in [2.24, 2.45) is 0 Å². The molecule has 0 aliphatic heterocycles. The Morgan fingerprint density at radius 2 is 1.62 bits per heavy atom. The standard InChI is InChI=1S/C23H25NO5/c1-15-13-21(27-3)22(28-4)14-19(15)24-23(25)12-10-18-9-11-20(29-18)16-5-7-17(26-2)8-6-16/h5-9,11,13-14H,10,12H2,1-4H3,(H,24,25). The molecule has 0 bridgehead atoms. The Labute approximate surface area is 170 Å². The molecule has 1 heterocycles. The number of hydrogen-bond acceptors (Lipinski definition) is 5. The van der Waals surface area contributed by atoms with E-state index in [-0.39, 0.29) is 5.91 Å². The second-order valence-corrected chi connectivity index (χ2v) is 6.56. The van der Waals surface area contributed by atoms with Gasteiger partial charge in [-0.25, -0.2) is 0 Å². The molecule has 1 aromatic heterocycles. The van der Waals surface area contributed by atoms with Gasteiger partial charge in [-0.15, -0.1) is 0 Å². The molecule has 152 valence electrons. The number of ether oxygens (including phenoxy) is 3. The predicted molar refractivity (Wildman–Crippen MR) is 112 cm³/mol.